The van der Waals surface area contributed by atoms with E-state index in [2.05, 4.69) is 15.7 Å². The van der Waals surface area contributed by atoms with Gasteiger partial charge in [-0.3, -0.25) is 4.79 Å². The summed E-state index contributed by atoms with van der Waals surface area (Å²) >= 11 is 0. The summed E-state index contributed by atoms with van der Waals surface area (Å²) in [6, 6.07) is 1.61. The lowest BCUT2D eigenvalue weighted by Gasteiger charge is -2.10. The summed E-state index contributed by atoms with van der Waals surface area (Å²) in [4.78, 5) is 11.9. The van der Waals surface area contributed by atoms with E-state index in [1.165, 1.54) is 4.68 Å². The first-order chi connectivity index (χ1) is 9.79. The molecule has 1 aromatic rings. The van der Waals surface area contributed by atoms with Crippen molar-refractivity contribution in [2.24, 2.45) is 0 Å². The molecule has 1 saturated heterocycles. The third-order valence-electron chi connectivity index (χ3n) is 3.49. The molecule has 1 atom stereocenters. The van der Waals surface area contributed by atoms with E-state index < -0.39 is 0 Å². The minimum Gasteiger partial charge on any atom is -0.382 e. The van der Waals surface area contributed by atoms with Crippen LogP contribution in [0, 0.1) is 0 Å². The van der Waals surface area contributed by atoms with E-state index in [9.17, 15) is 4.79 Å². The van der Waals surface area contributed by atoms with Crippen molar-refractivity contribution in [3.63, 3.8) is 0 Å². The number of hydrogen-bond donors (Lipinski definition) is 2. The number of nitrogens with zero attached hydrogens (tertiary/aromatic N) is 2. The Balaban J connectivity index is 1.78. The zero-order chi connectivity index (χ0) is 14.2. The van der Waals surface area contributed by atoms with Crippen LogP contribution in [0.15, 0.2) is 17.1 Å². The molecule has 1 aliphatic rings. The van der Waals surface area contributed by atoms with E-state index in [-0.39, 0.29) is 5.56 Å². The Morgan fingerprint density at radius 2 is 2.40 bits per heavy atom. The van der Waals surface area contributed by atoms with Gasteiger partial charge in [-0.2, -0.15) is 5.10 Å². The number of aryl methyl sites for hydroxylation is 1. The van der Waals surface area contributed by atoms with Crippen LogP contribution in [-0.4, -0.2) is 42.6 Å². The molecule has 1 fully saturated rings. The SMILES string of the molecule is CNCCNc1cnn(CCCC2CCCO2)c(=O)c1. The minimum atomic E-state index is -0.0493. The maximum atomic E-state index is 11.9. The van der Waals surface area contributed by atoms with Gasteiger partial charge >= 0.3 is 0 Å². The summed E-state index contributed by atoms with van der Waals surface area (Å²) in [5.41, 5.74) is 0.729. The maximum Gasteiger partial charge on any atom is 0.268 e. The van der Waals surface area contributed by atoms with E-state index in [1.54, 1.807) is 12.3 Å². The Bertz CT molecular complexity index is 455. The van der Waals surface area contributed by atoms with Crippen molar-refractivity contribution in [2.75, 3.05) is 32.1 Å². The molecule has 1 aliphatic heterocycles. The standard InChI is InChI=1S/C14H24N4O2/c1-15-6-7-16-12-10-14(19)18(17-11-12)8-2-4-13-5-3-9-20-13/h10-11,13,15-16H,2-9H2,1H3. The predicted octanol–water partition coefficient (Wildman–Crippen LogP) is 0.834. The van der Waals surface area contributed by atoms with Crippen molar-refractivity contribution in [1.29, 1.82) is 0 Å². The summed E-state index contributed by atoms with van der Waals surface area (Å²) in [7, 11) is 1.89. The second-order valence-corrected chi connectivity index (χ2v) is 5.11. The van der Waals surface area contributed by atoms with Gasteiger partial charge in [0.1, 0.15) is 0 Å². The van der Waals surface area contributed by atoms with Crippen molar-refractivity contribution in [2.45, 2.75) is 38.3 Å². The molecule has 112 valence electrons. The molecule has 2 heterocycles. The van der Waals surface area contributed by atoms with Crippen molar-refractivity contribution in [3.8, 4) is 0 Å². The number of hydrogen-bond acceptors (Lipinski definition) is 5. The van der Waals surface area contributed by atoms with Crippen LogP contribution in [0.3, 0.4) is 0 Å². The first kappa shape index (κ1) is 15.0. The lowest BCUT2D eigenvalue weighted by molar-refractivity contribution is 0.101. The van der Waals surface area contributed by atoms with Gasteiger partial charge in [-0.15, -0.1) is 0 Å². The Labute approximate surface area is 119 Å². The van der Waals surface area contributed by atoms with Gasteiger partial charge in [-0.1, -0.05) is 0 Å². The molecule has 0 aromatic carbocycles. The van der Waals surface area contributed by atoms with Crippen molar-refractivity contribution in [1.82, 2.24) is 15.1 Å². The van der Waals surface area contributed by atoms with E-state index in [4.69, 9.17) is 4.74 Å². The highest BCUT2D eigenvalue weighted by molar-refractivity contribution is 5.38. The van der Waals surface area contributed by atoms with Gasteiger partial charge in [-0.25, -0.2) is 4.68 Å². The zero-order valence-electron chi connectivity index (χ0n) is 12.1. The van der Waals surface area contributed by atoms with Gasteiger partial charge in [0.05, 0.1) is 18.0 Å². The molecule has 0 aliphatic carbocycles. The average molecular weight is 280 g/mol. The smallest absolute Gasteiger partial charge is 0.268 e. The highest BCUT2D eigenvalue weighted by atomic mass is 16.5. The summed E-state index contributed by atoms with van der Waals surface area (Å²) in [5.74, 6) is 0. The first-order valence-corrected chi connectivity index (χ1v) is 7.37. The third-order valence-corrected chi connectivity index (χ3v) is 3.49. The molecule has 2 rings (SSSR count). The largest absolute Gasteiger partial charge is 0.382 e. The monoisotopic (exact) mass is 280 g/mol. The molecule has 0 radical (unpaired) electrons. The average Bonchev–Trinajstić information content (AvgIpc) is 2.95. The van der Waals surface area contributed by atoms with E-state index in [0.717, 1.165) is 51.1 Å². The molecule has 0 saturated carbocycles. The normalized spacial score (nSPS) is 18.4. The van der Waals surface area contributed by atoms with Crippen LogP contribution in [0.4, 0.5) is 5.69 Å². The highest BCUT2D eigenvalue weighted by Gasteiger charge is 2.14. The molecule has 0 amide bonds. The van der Waals surface area contributed by atoms with Crippen LogP contribution in [0.1, 0.15) is 25.7 Å². The van der Waals surface area contributed by atoms with E-state index in [1.807, 2.05) is 7.05 Å². The third kappa shape index (κ3) is 4.61. The van der Waals surface area contributed by atoms with Crippen LogP contribution in [-0.2, 0) is 11.3 Å². The van der Waals surface area contributed by atoms with Crippen LogP contribution in [0.5, 0.6) is 0 Å². The highest BCUT2D eigenvalue weighted by Crippen LogP contribution is 2.16. The molecule has 20 heavy (non-hydrogen) atoms. The fraction of sp³-hybridized carbons (Fsp3) is 0.714. The molecule has 1 unspecified atom stereocenters. The number of rotatable bonds is 8. The van der Waals surface area contributed by atoms with Crippen molar-refractivity contribution >= 4 is 5.69 Å². The second kappa shape index (κ2) is 8.01. The van der Waals surface area contributed by atoms with Crippen LogP contribution in [0.2, 0.25) is 0 Å². The van der Waals surface area contributed by atoms with E-state index >= 15 is 0 Å². The topological polar surface area (TPSA) is 68.2 Å². The van der Waals surface area contributed by atoms with Gasteiger partial charge in [0.2, 0.25) is 0 Å². The first-order valence-electron chi connectivity index (χ1n) is 7.37. The Morgan fingerprint density at radius 1 is 1.50 bits per heavy atom. The lowest BCUT2D eigenvalue weighted by Crippen LogP contribution is -2.24. The van der Waals surface area contributed by atoms with Crippen LogP contribution >= 0.6 is 0 Å². The molecule has 1 aromatic heterocycles. The summed E-state index contributed by atoms with van der Waals surface area (Å²) in [6.07, 6.45) is 6.35. The summed E-state index contributed by atoms with van der Waals surface area (Å²) in [6.45, 7) is 3.18. The van der Waals surface area contributed by atoms with Gasteiger partial charge < -0.3 is 15.4 Å². The fourth-order valence-corrected chi connectivity index (χ4v) is 2.37. The minimum absolute atomic E-state index is 0.0493. The Hall–Kier alpha value is -1.40. The van der Waals surface area contributed by atoms with Gasteiger partial charge in [0.15, 0.2) is 0 Å². The maximum absolute atomic E-state index is 11.9. The van der Waals surface area contributed by atoms with Crippen molar-refractivity contribution < 1.29 is 4.74 Å². The number of nitrogens with one attached hydrogen (secondary N) is 2. The zero-order valence-corrected chi connectivity index (χ0v) is 12.1. The summed E-state index contributed by atoms with van der Waals surface area (Å²) in [5, 5.41) is 10.4. The second-order valence-electron chi connectivity index (χ2n) is 5.11. The van der Waals surface area contributed by atoms with Crippen LogP contribution < -0.4 is 16.2 Å². The quantitative estimate of drug-likeness (QED) is 0.691. The molecular formula is C14H24N4O2. The fourth-order valence-electron chi connectivity index (χ4n) is 2.37. The molecule has 0 bridgehead atoms. The number of aromatic nitrogens is 2. The van der Waals surface area contributed by atoms with Gasteiger partial charge in [0, 0.05) is 32.3 Å². The van der Waals surface area contributed by atoms with Gasteiger partial charge in [-0.05, 0) is 32.7 Å². The molecular weight excluding hydrogens is 256 g/mol. The number of ether oxygens (including phenoxy) is 1. The molecule has 2 N–H and O–H groups in total. The molecule has 6 nitrogen and oxygen atoms in total. The Morgan fingerprint density at radius 3 is 3.10 bits per heavy atom. The number of anilines is 1. The van der Waals surface area contributed by atoms with Gasteiger partial charge in [0.25, 0.3) is 5.56 Å². The number of likely N-dealkylation sites (N-methyl/N-ethyl adjacent to an activating group) is 1. The predicted molar refractivity (Wildman–Crippen MR) is 79.1 cm³/mol. The molecule has 0 spiro atoms. The Kier molecular flexibility index (Phi) is 6.01. The summed E-state index contributed by atoms with van der Waals surface area (Å²) < 4.78 is 7.10. The molecule has 6 heteroatoms. The van der Waals surface area contributed by atoms with E-state index in [0.29, 0.717) is 12.6 Å². The lowest BCUT2D eigenvalue weighted by atomic mass is 10.1. The van der Waals surface area contributed by atoms with Crippen molar-refractivity contribution in [3.05, 3.63) is 22.6 Å². The van der Waals surface area contributed by atoms with Crippen LogP contribution in [0.25, 0.3) is 0 Å².